The summed E-state index contributed by atoms with van der Waals surface area (Å²) in [7, 11) is 0. The van der Waals surface area contributed by atoms with Crippen molar-refractivity contribution in [3.63, 3.8) is 0 Å². The van der Waals surface area contributed by atoms with Gasteiger partial charge < -0.3 is 15.4 Å². The van der Waals surface area contributed by atoms with Gasteiger partial charge in [-0.3, -0.25) is 9.59 Å². The summed E-state index contributed by atoms with van der Waals surface area (Å²) in [5.74, 6) is -0.817. The van der Waals surface area contributed by atoms with Gasteiger partial charge in [-0.05, 0) is 49.8 Å². The highest BCUT2D eigenvalue weighted by atomic mass is 32.2. The molecule has 0 spiro atoms. The number of nitrogens with one attached hydrogen (secondary N) is 2. The Morgan fingerprint density at radius 2 is 1.94 bits per heavy atom. The van der Waals surface area contributed by atoms with Crippen LogP contribution in [0.2, 0.25) is 0 Å². The van der Waals surface area contributed by atoms with E-state index in [1.54, 1.807) is 32.1 Å². The number of thioether (sulfide) groups is 1. The number of aliphatic imine (C=N–C) groups is 1. The molecule has 0 fully saturated rings. The number of hydrogen-bond donors (Lipinski definition) is 2. The van der Waals surface area contributed by atoms with Crippen molar-refractivity contribution in [1.29, 1.82) is 0 Å². The van der Waals surface area contributed by atoms with Crippen molar-refractivity contribution in [3.8, 4) is 0 Å². The van der Waals surface area contributed by atoms with Crippen molar-refractivity contribution in [2.75, 3.05) is 11.9 Å². The molecular formula is C23H24FN3O3S. The van der Waals surface area contributed by atoms with Gasteiger partial charge in [0.15, 0.2) is 0 Å². The van der Waals surface area contributed by atoms with Crippen LogP contribution in [-0.2, 0) is 20.9 Å². The number of carbonyl (C=O) groups excluding carboxylic acids is 2. The Labute approximate surface area is 185 Å². The van der Waals surface area contributed by atoms with E-state index in [0.29, 0.717) is 23.9 Å². The Hall–Kier alpha value is -3.13. The van der Waals surface area contributed by atoms with E-state index in [2.05, 4.69) is 15.6 Å². The van der Waals surface area contributed by atoms with Crippen molar-refractivity contribution in [3.05, 3.63) is 71.7 Å². The molecule has 1 unspecified atom stereocenters. The lowest BCUT2D eigenvalue weighted by Crippen LogP contribution is -2.31. The molecule has 1 aliphatic heterocycles. The summed E-state index contributed by atoms with van der Waals surface area (Å²) in [6.45, 7) is 4.17. The molecular weight excluding hydrogens is 417 g/mol. The summed E-state index contributed by atoms with van der Waals surface area (Å²) in [5.41, 5.74) is 2.96. The summed E-state index contributed by atoms with van der Waals surface area (Å²) < 4.78 is 18.1. The standard InChI is InChI=1S/C23H24FN3O3S/c1-3-30-22(28)13-18-12-21(27-20-7-5-4-6-19(20)26-18)31-15(2)23(29)25-14-16-8-10-17(24)11-9-16/h4-12,15,26H,3,13-14H2,1-2H3,(H,25,29). The molecule has 0 bridgehead atoms. The number of halogens is 1. The Morgan fingerprint density at radius 3 is 2.68 bits per heavy atom. The molecule has 0 saturated carbocycles. The van der Waals surface area contributed by atoms with Crippen LogP contribution in [0.4, 0.5) is 15.8 Å². The first kappa shape index (κ1) is 22.6. The van der Waals surface area contributed by atoms with Gasteiger partial charge in [0.1, 0.15) is 5.82 Å². The van der Waals surface area contributed by atoms with E-state index < -0.39 is 5.25 Å². The third-order valence-electron chi connectivity index (χ3n) is 4.41. The minimum Gasteiger partial charge on any atom is -0.466 e. The second-order valence-corrected chi connectivity index (χ2v) is 8.21. The summed E-state index contributed by atoms with van der Waals surface area (Å²) in [6, 6.07) is 13.5. The molecule has 8 heteroatoms. The first-order valence-electron chi connectivity index (χ1n) is 9.94. The third-order valence-corrected chi connectivity index (χ3v) is 5.43. The van der Waals surface area contributed by atoms with Crippen molar-refractivity contribution < 1.29 is 18.7 Å². The number of hydrogen-bond acceptors (Lipinski definition) is 6. The van der Waals surface area contributed by atoms with Crippen LogP contribution >= 0.6 is 11.8 Å². The van der Waals surface area contributed by atoms with Crippen LogP contribution in [-0.4, -0.2) is 28.8 Å². The largest absolute Gasteiger partial charge is 0.466 e. The number of carbonyl (C=O) groups is 2. The van der Waals surface area contributed by atoms with Gasteiger partial charge in [0.25, 0.3) is 0 Å². The number of anilines is 1. The van der Waals surface area contributed by atoms with Crippen LogP contribution in [0.3, 0.4) is 0 Å². The molecule has 1 atom stereocenters. The maximum Gasteiger partial charge on any atom is 0.311 e. The van der Waals surface area contributed by atoms with E-state index >= 15 is 0 Å². The summed E-state index contributed by atoms with van der Waals surface area (Å²) in [4.78, 5) is 29.2. The number of fused-ring (bicyclic) bond motifs is 1. The maximum absolute atomic E-state index is 13.0. The zero-order valence-corrected chi connectivity index (χ0v) is 18.2. The van der Waals surface area contributed by atoms with Gasteiger partial charge in [0.05, 0.1) is 34.7 Å². The lowest BCUT2D eigenvalue weighted by Gasteiger charge is -2.12. The lowest BCUT2D eigenvalue weighted by molar-refractivity contribution is -0.142. The zero-order valence-electron chi connectivity index (χ0n) is 17.4. The minimum atomic E-state index is -0.426. The molecule has 1 amide bonds. The molecule has 0 aromatic heterocycles. The van der Waals surface area contributed by atoms with Crippen molar-refractivity contribution in [2.24, 2.45) is 4.99 Å². The Morgan fingerprint density at radius 1 is 1.19 bits per heavy atom. The highest BCUT2D eigenvalue weighted by Gasteiger charge is 2.19. The average Bonchev–Trinajstić information content (AvgIpc) is 2.91. The van der Waals surface area contributed by atoms with Gasteiger partial charge >= 0.3 is 5.97 Å². The number of nitrogens with zero attached hydrogens (tertiary/aromatic N) is 1. The van der Waals surface area contributed by atoms with E-state index in [-0.39, 0.29) is 24.1 Å². The average molecular weight is 442 g/mol. The third kappa shape index (κ3) is 6.68. The lowest BCUT2D eigenvalue weighted by atomic mass is 10.2. The first-order valence-corrected chi connectivity index (χ1v) is 10.8. The number of amides is 1. The molecule has 2 N–H and O–H groups in total. The molecule has 0 aliphatic carbocycles. The molecule has 0 saturated heterocycles. The fraction of sp³-hybridized carbons (Fsp3) is 0.261. The molecule has 162 valence electrons. The predicted octanol–water partition coefficient (Wildman–Crippen LogP) is 4.56. The fourth-order valence-electron chi connectivity index (χ4n) is 2.88. The topological polar surface area (TPSA) is 79.8 Å². The first-order chi connectivity index (χ1) is 14.9. The van der Waals surface area contributed by atoms with Crippen molar-refractivity contribution in [1.82, 2.24) is 5.32 Å². The summed E-state index contributed by atoms with van der Waals surface area (Å²) in [5, 5.41) is 6.27. The number of rotatable bonds is 7. The minimum absolute atomic E-state index is 0.0763. The smallest absolute Gasteiger partial charge is 0.311 e. The van der Waals surface area contributed by atoms with Crippen LogP contribution in [0, 0.1) is 5.82 Å². The van der Waals surface area contributed by atoms with E-state index in [1.807, 2.05) is 24.3 Å². The quantitative estimate of drug-likeness (QED) is 0.616. The maximum atomic E-state index is 13.0. The number of para-hydroxylation sites is 2. The van der Waals surface area contributed by atoms with Gasteiger partial charge in [0.2, 0.25) is 5.91 Å². The molecule has 1 heterocycles. The molecule has 2 aromatic carbocycles. The van der Waals surface area contributed by atoms with Gasteiger partial charge in [-0.15, -0.1) is 0 Å². The van der Waals surface area contributed by atoms with E-state index in [1.165, 1.54) is 23.9 Å². The van der Waals surface area contributed by atoms with E-state index in [9.17, 15) is 14.0 Å². The van der Waals surface area contributed by atoms with Crippen molar-refractivity contribution >= 4 is 40.1 Å². The van der Waals surface area contributed by atoms with Crippen LogP contribution in [0.5, 0.6) is 0 Å². The number of ether oxygens (including phenoxy) is 1. The van der Waals surface area contributed by atoms with Gasteiger partial charge in [0, 0.05) is 12.2 Å². The second-order valence-electron chi connectivity index (χ2n) is 6.85. The Balaban J connectivity index is 1.70. The van der Waals surface area contributed by atoms with E-state index in [0.717, 1.165) is 16.9 Å². The number of esters is 1. The van der Waals surface area contributed by atoms with Crippen LogP contribution < -0.4 is 10.6 Å². The Kier molecular flexibility index (Phi) is 7.83. The van der Waals surface area contributed by atoms with Crippen LogP contribution in [0.25, 0.3) is 0 Å². The van der Waals surface area contributed by atoms with Crippen molar-refractivity contribution in [2.45, 2.75) is 32.1 Å². The molecule has 3 rings (SSSR count). The fourth-order valence-corrected chi connectivity index (χ4v) is 3.79. The van der Waals surface area contributed by atoms with Gasteiger partial charge in [-0.2, -0.15) is 0 Å². The van der Waals surface area contributed by atoms with Crippen LogP contribution in [0.15, 0.2) is 65.3 Å². The SMILES string of the molecule is CCOC(=O)CC1=CC(SC(C)C(=O)NCc2ccc(F)cc2)=Nc2ccccc2N1. The molecule has 6 nitrogen and oxygen atoms in total. The van der Waals surface area contributed by atoms with Crippen LogP contribution in [0.1, 0.15) is 25.8 Å². The summed E-state index contributed by atoms with van der Waals surface area (Å²) in [6.07, 6.45) is 1.85. The molecule has 0 radical (unpaired) electrons. The predicted molar refractivity (Wildman–Crippen MR) is 122 cm³/mol. The van der Waals surface area contributed by atoms with Gasteiger partial charge in [-0.1, -0.05) is 36.0 Å². The molecule has 31 heavy (non-hydrogen) atoms. The normalized spacial score (nSPS) is 13.6. The van der Waals surface area contributed by atoms with Gasteiger partial charge in [-0.25, -0.2) is 9.38 Å². The highest BCUT2D eigenvalue weighted by molar-refractivity contribution is 8.15. The molecule has 2 aromatic rings. The number of benzene rings is 2. The zero-order chi connectivity index (χ0) is 22.2. The molecule has 1 aliphatic rings. The van der Waals surface area contributed by atoms with E-state index in [4.69, 9.17) is 4.74 Å². The summed E-state index contributed by atoms with van der Waals surface area (Å²) >= 11 is 1.30. The highest BCUT2D eigenvalue weighted by Crippen LogP contribution is 2.32. The Bertz CT molecular complexity index is 1010. The monoisotopic (exact) mass is 441 g/mol. The second kappa shape index (κ2) is 10.8.